The van der Waals surface area contributed by atoms with Gasteiger partial charge in [-0.3, -0.25) is 9.89 Å². The largest absolute Gasteiger partial charge is 0.394 e. The smallest absolute Gasteiger partial charge is 0.257 e. The van der Waals surface area contributed by atoms with Crippen molar-refractivity contribution in [2.45, 2.75) is 13.0 Å². The van der Waals surface area contributed by atoms with Gasteiger partial charge < -0.3 is 10.0 Å². The molecule has 0 aliphatic rings. The van der Waals surface area contributed by atoms with Crippen LogP contribution in [0.15, 0.2) is 12.4 Å². The van der Waals surface area contributed by atoms with E-state index in [4.69, 9.17) is 5.11 Å². The van der Waals surface area contributed by atoms with E-state index in [-0.39, 0.29) is 18.6 Å². The van der Waals surface area contributed by atoms with Crippen LogP contribution >= 0.6 is 0 Å². The summed E-state index contributed by atoms with van der Waals surface area (Å²) in [6, 6.07) is -0.178. The first-order valence-corrected chi connectivity index (χ1v) is 4.03. The van der Waals surface area contributed by atoms with E-state index < -0.39 is 0 Å². The van der Waals surface area contributed by atoms with Crippen LogP contribution in [-0.4, -0.2) is 45.8 Å². The van der Waals surface area contributed by atoms with Gasteiger partial charge in [0.1, 0.15) is 0 Å². The lowest BCUT2D eigenvalue weighted by atomic mass is 10.2. The number of aliphatic hydroxyl groups excluding tert-OH is 1. The van der Waals surface area contributed by atoms with Crippen molar-refractivity contribution < 1.29 is 9.90 Å². The van der Waals surface area contributed by atoms with Crippen LogP contribution in [0, 0.1) is 0 Å². The van der Waals surface area contributed by atoms with Crippen LogP contribution in [0.1, 0.15) is 17.3 Å². The number of nitrogens with zero attached hydrogens (tertiary/aromatic N) is 2. The molecule has 13 heavy (non-hydrogen) atoms. The standard InChI is InChI=1S/C8H13N3O2/c1-6(5-12)11(2)8(13)7-3-9-10-4-7/h3-4,6,12H,5H2,1-2H3,(H,9,10). The van der Waals surface area contributed by atoms with Gasteiger partial charge in [0.15, 0.2) is 0 Å². The van der Waals surface area contributed by atoms with Gasteiger partial charge in [0.25, 0.3) is 5.91 Å². The van der Waals surface area contributed by atoms with Gasteiger partial charge in [-0.2, -0.15) is 5.10 Å². The first-order chi connectivity index (χ1) is 6.16. The molecule has 1 aromatic heterocycles. The van der Waals surface area contributed by atoms with Crippen LogP contribution in [0.2, 0.25) is 0 Å². The minimum absolute atomic E-state index is 0.0416. The second kappa shape index (κ2) is 4.04. The molecule has 0 spiro atoms. The van der Waals surface area contributed by atoms with Crippen LogP contribution in [0.4, 0.5) is 0 Å². The summed E-state index contributed by atoms with van der Waals surface area (Å²) in [7, 11) is 1.65. The molecule has 0 bridgehead atoms. The molecule has 5 heteroatoms. The number of aromatic nitrogens is 2. The maximum absolute atomic E-state index is 11.6. The summed E-state index contributed by atoms with van der Waals surface area (Å²) in [6.07, 6.45) is 2.99. The molecule has 1 unspecified atom stereocenters. The van der Waals surface area contributed by atoms with E-state index in [1.165, 1.54) is 17.3 Å². The summed E-state index contributed by atoms with van der Waals surface area (Å²) in [5, 5.41) is 15.1. The zero-order chi connectivity index (χ0) is 9.84. The molecule has 1 heterocycles. The van der Waals surface area contributed by atoms with E-state index >= 15 is 0 Å². The Bertz CT molecular complexity index is 271. The van der Waals surface area contributed by atoms with Crippen molar-refractivity contribution in [3.63, 3.8) is 0 Å². The summed E-state index contributed by atoms with van der Waals surface area (Å²) in [5.41, 5.74) is 0.503. The third-order valence-electron chi connectivity index (χ3n) is 1.99. The van der Waals surface area contributed by atoms with Crippen LogP contribution in [0.25, 0.3) is 0 Å². The number of carbonyl (C=O) groups excluding carboxylic acids is 1. The van der Waals surface area contributed by atoms with Gasteiger partial charge >= 0.3 is 0 Å². The van der Waals surface area contributed by atoms with E-state index in [1.807, 2.05) is 0 Å². The monoisotopic (exact) mass is 183 g/mol. The van der Waals surface area contributed by atoms with Gasteiger partial charge in [0.2, 0.25) is 0 Å². The van der Waals surface area contributed by atoms with Gasteiger partial charge in [-0.25, -0.2) is 0 Å². The molecule has 1 atom stereocenters. The number of rotatable bonds is 3. The second-order valence-electron chi connectivity index (χ2n) is 2.93. The molecular weight excluding hydrogens is 170 g/mol. The predicted octanol–water partition coefficient (Wildman–Crippen LogP) is -0.138. The van der Waals surface area contributed by atoms with E-state index in [0.717, 1.165) is 0 Å². The predicted molar refractivity (Wildman–Crippen MR) is 47.2 cm³/mol. The Morgan fingerprint density at radius 1 is 1.85 bits per heavy atom. The molecule has 0 saturated carbocycles. The molecule has 0 saturated heterocycles. The molecule has 1 rings (SSSR count). The molecule has 0 aliphatic heterocycles. The quantitative estimate of drug-likeness (QED) is 0.685. The highest BCUT2D eigenvalue weighted by atomic mass is 16.3. The Kier molecular flexibility index (Phi) is 3.02. The normalized spacial score (nSPS) is 12.5. The lowest BCUT2D eigenvalue weighted by Crippen LogP contribution is -2.37. The van der Waals surface area contributed by atoms with Crippen LogP contribution in [-0.2, 0) is 0 Å². The summed E-state index contributed by atoms with van der Waals surface area (Å²) in [6.45, 7) is 1.73. The third-order valence-corrected chi connectivity index (χ3v) is 1.99. The van der Waals surface area contributed by atoms with Crippen LogP contribution < -0.4 is 0 Å². The molecule has 0 aromatic carbocycles. The number of hydrogen-bond acceptors (Lipinski definition) is 3. The van der Waals surface area contributed by atoms with Gasteiger partial charge in [-0.1, -0.05) is 0 Å². The summed E-state index contributed by atoms with van der Waals surface area (Å²) in [4.78, 5) is 13.0. The number of nitrogens with one attached hydrogen (secondary N) is 1. The Morgan fingerprint density at radius 3 is 3.00 bits per heavy atom. The number of aromatic amines is 1. The van der Waals surface area contributed by atoms with Crippen molar-refractivity contribution in [1.29, 1.82) is 0 Å². The number of hydrogen-bond donors (Lipinski definition) is 2. The zero-order valence-corrected chi connectivity index (χ0v) is 7.69. The topological polar surface area (TPSA) is 69.2 Å². The number of carbonyl (C=O) groups is 1. The fourth-order valence-corrected chi connectivity index (χ4v) is 0.894. The highest BCUT2D eigenvalue weighted by Gasteiger charge is 2.16. The molecule has 0 radical (unpaired) electrons. The first-order valence-electron chi connectivity index (χ1n) is 4.03. The second-order valence-corrected chi connectivity index (χ2v) is 2.93. The molecule has 2 N–H and O–H groups in total. The fraction of sp³-hybridized carbons (Fsp3) is 0.500. The average Bonchev–Trinajstić information content (AvgIpc) is 2.67. The third kappa shape index (κ3) is 2.06. The van der Waals surface area contributed by atoms with Crippen molar-refractivity contribution in [3.05, 3.63) is 18.0 Å². The maximum Gasteiger partial charge on any atom is 0.257 e. The Balaban J connectivity index is 2.68. The van der Waals surface area contributed by atoms with E-state index in [0.29, 0.717) is 5.56 Å². The van der Waals surface area contributed by atoms with Crippen molar-refractivity contribution >= 4 is 5.91 Å². The zero-order valence-electron chi connectivity index (χ0n) is 7.69. The Labute approximate surface area is 76.4 Å². The summed E-state index contributed by atoms with van der Waals surface area (Å²) < 4.78 is 0. The number of likely N-dealkylation sites (N-methyl/N-ethyl adjacent to an activating group) is 1. The van der Waals surface area contributed by atoms with E-state index in [9.17, 15) is 4.79 Å². The Hall–Kier alpha value is -1.36. The minimum atomic E-state index is -0.178. The summed E-state index contributed by atoms with van der Waals surface area (Å²) in [5.74, 6) is -0.143. The van der Waals surface area contributed by atoms with E-state index in [1.54, 1.807) is 14.0 Å². The average molecular weight is 183 g/mol. The first kappa shape index (κ1) is 9.73. The highest BCUT2D eigenvalue weighted by Crippen LogP contribution is 2.03. The molecule has 72 valence electrons. The Morgan fingerprint density at radius 2 is 2.54 bits per heavy atom. The fourth-order valence-electron chi connectivity index (χ4n) is 0.894. The van der Waals surface area contributed by atoms with E-state index in [2.05, 4.69) is 10.2 Å². The summed E-state index contributed by atoms with van der Waals surface area (Å²) >= 11 is 0. The maximum atomic E-state index is 11.6. The van der Waals surface area contributed by atoms with Crippen LogP contribution in [0.5, 0.6) is 0 Å². The molecule has 1 aromatic rings. The molecule has 0 aliphatic carbocycles. The van der Waals surface area contributed by atoms with Crippen molar-refractivity contribution in [2.75, 3.05) is 13.7 Å². The number of amides is 1. The van der Waals surface area contributed by atoms with Crippen molar-refractivity contribution in [3.8, 4) is 0 Å². The number of aliphatic hydroxyl groups is 1. The molecule has 0 fully saturated rings. The van der Waals surface area contributed by atoms with Gasteiger partial charge in [0.05, 0.1) is 24.4 Å². The molecule has 1 amide bonds. The van der Waals surface area contributed by atoms with Gasteiger partial charge in [-0.15, -0.1) is 0 Å². The van der Waals surface area contributed by atoms with Crippen molar-refractivity contribution in [2.24, 2.45) is 0 Å². The van der Waals surface area contributed by atoms with Gasteiger partial charge in [0, 0.05) is 13.2 Å². The van der Waals surface area contributed by atoms with Gasteiger partial charge in [-0.05, 0) is 6.92 Å². The number of H-pyrrole nitrogens is 1. The van der Waals surface area contributed by atoms with Crippen molar-refractivity contribution in [1.82, 2.24) is 15.1 Å². The SMILES string of the molecule is CC(CO)N(C)C(=O)c1cn[nH]c1. The lowest BCUT2D eigenvalue weighted by molar-refractivity contribution is 0.0682. The molecule has 5 nitrogen and oxygen atoms in total. The lowest BCUT2D eigenvalue weighted by Gasteiger charge is -2.22. The van der Waals surface area contributed by atoms with Crippen LogP contribution in [0.3, 0.4) is 0 Å². The highest BCUT2D eigenvalue weighted by molar-refractivity contribution is 5.93. The minimum Gasteiger partial charge on any atom is -0.394 e. The molecular formula is C8H13N3O2.